The summed E-state index contributed by atoms with van der Waals surface area (Å²) in [5.74, 6) is 0.950. The van der Waals surface area contributed by atoms with Crippen molar-refractivity contribution in [2.75, 3.05) is 6.61 Å². The van der Waals surface area contributed by atoms with Crippen molar-refractivity contribution >= 4 is 0 Å². The molecule has 0 fully saturated rings. The minimum absolute atomic E-state index is 0.277. The highest BCUT2D eigenvalue weighted by Gasteiger charge is 2.11. The molecule has 20 heavy (non-hydrogen) atoms. The zero-order valence-electron chi connectivity index (χ0n) is 11.8. The van der Waals surface area contributed by atoms with Gasteiger partial charge in [0.15, 0.2) is 0 Å². The van der Waals surface area contributed by atoms with Gasteiger partial charge in [-0.1, -0.05) is 44.2 Å². The van der Waals surface area contributed by atoms with Crippen LogP contribution in [-0.4, -0.2) is 6.61 Å². The van der Waals surface area contributed by atoms with E-state index in [2.05, 4.69) is 13.8 Å². The highest BCUT2D eigenvalue weighted by atomic mass is 19.1. The molecule has 0 aliphatic heterocycles. The highest BCUT2D eigenvalue weighted by molar-refractivity contribution is 5.35. The van der Waals surface area contributed by atoms with Gasteiger partial charge in [-0.2, -0.15) is 0 Å². The Morgan fingerprint density at radius 2 is 1.85 bits per heavy atom. The topological polar surface area (TPSA) is 35.2 Å². The van der Waals surface area contributed by atoms with Crippen LogP contribution in [0.2, 0.25) is 0 Å². The van der Waals surface area contributed by atoms with Crippen LogP contribution in [0, 0.1) is 5.82 Å². The lowest BCUT2D eigenvalue weighted by Gasteiger charge is -2.17. The van der Waals surface area contributed by atoms with Gasteiger partial charge in [0.1, 0.15) is 18.2 Å². The van der Waals surface area contributed by atoms with Gasteiger partial charge >= 0.3 is 0 Å². The van der Waals surface area contributed by atoms with Crippen molar-refractivity contribution in [2.45, 2.75) is 25.8 Å². The molecule has 0 amide bonds. The second-order valence-electron chi connectivity index (χ2n) is 5.17. The molecule has 0 aromatic heterocycles. The predicted octanol–water partition coefficient (Wildman–Crippen LogP) is 4.03. The number of rotatable bonds is 5. The fourth-order valence-electron chi connectivity index (χ4n) is 2.10. The van der Waals surface area contributed by atoms with Crippen LogP contribution in [0.25, 0.3) is 0 Å². The Hall–Kier alpha value is -1.87. The average molecular weight is 273 g/mol. The van der Waals surface area contributed by atoms with Crippen molar-refractivity contribution in [1.82, 2.24) is 0 Å². The summed E-state index contributed by atoms with van der Waals surface area (Å²) in [5, 5.41) is 0. The summed E-state index contributed by atoms with van der Waals surface area (Å²) in [6, 6.07) is 13.9. The summed E-state index contributed by atoms with van der Waals surface area (Å²) in [5.41, 5.74) is 7.94. The maximum atomic E-state index is 13.2. The first-order valence-electron chi connectivity index (χ1n) is 6.80. The van der Waals surface area contributed by atoms with E-state index in [1.807, 2.05) is 30.3 Å². The molecule has 0 spiro atoms. The summed E-state index contributed by atoms with van der Waals surface area (Å²) >= 11 is 0. The molecule has 0 radical (unpaired) electrons. The molecule has 106 valence electrons. The molecular formula is C17H20FNO. The van der Waals surface area contributed by atoms with E-state index in [9.17, 15) is 4.39 Å². The molecule has 3 heteroatoms. The maximum absolute atomic E-state index is 13.2. The fourth-order valence-corrected chi connectivity index (χ4v) is 2.10. The van der Waals surface area contributed by atoms with Crippen LogP contribution in [0.1, 0.15) is 36.9 Å². The lowest BCUT2D eigenvalue weighted by molar-refractivity contribution is 0.286. The molecule has 2 N–H and O–H groups in total. The third-order valence-corrected chi connectivity index (χ3v) is 3.24. The van der Waals surface area contributed by atoms with Gasteiger partial charge in [0, 0.05) is 0 Å². The number of para-hydroxylation sites is 1. The van der Waals surface area contributed by atoms with Gasteiger partial charge in [-0.25, -0.2) is 4.39 Å². The first-order valence-corrected chi connectivity index (χ1v) is 6.80. The first-order chi connectivity index (χ1) is 9.58. The second-order valence-corrected chi connectivity index (χ2v) is 5.17. The molecule has 0 heterocycles. The van der Waals surface area contributed by atoms with Crippen LogP contribution in [0.4, 0.5) is 4.39 Å². The molecule has 2 nitrogen and oxygen atoms in total. The van der Waals surface area contributed by atoms with E-state index in [0.29, 0.717) is 12.5 Å². The van der Waals surface area contributed by atoms with Gasteiger partial charge in [-0.3, -0.25) is 0 Å². The van der Waals surface area contributed by atoms with E-state index < -0.39 is 0 Å². The average Bonchev–Trinajstić information content (AvgIpc) is 2.45. The number of ether oxygens (including phenoxy) is 1. The Morgan fingerprint density at radius 3 is 2.55 bits per heavy atom. The van der Waals surface area contributed by atoms with Gasteiger partial charge in [-0.05, 0) is 35.2 Å². The molecule has 2 rings (SSSR count). The van der Waals surface area contributed by atoms with Crippen molar-refractivity contribution in [2.24, 2.45) is 5.73 Å². The van der Waals surface area contributed by atoms with Crippen LogP contribution in [-0.2, 0) is 0 Å². The molecule has 0 aliphatic carbocycles. The summed E-state index contributed by atoms with van der Waals surface area (Å²) < 4.78 is 19.0. The Kier molecular flexibility index (Phi) is 4.74. The number of nitrogens with two attached hydrogens (primary N) is 1. The zero-order valence-corrected chi connectivity index (χ0v) is 11.8. The van der Waals surface area contributed by atoms with Crippen LogP contribution in [0.3, 0.4) is 0 Å². The molecule has 0 aliphatic rings. The summed E-state index contributed by atoms with van der Waals surface area (Å²) in [6.45, 7) is 4.57. The van der Waals surface area contributed by atoms with Crippen LogP contribution in [0.15, 0.2) is 48.5 Å². The van der Waals surface area contributed by atoms with E-state index >= 15 is 0 Å². The van der Waals surface area contributed by atoms with Gasteiger partial charge in [0.2, 0.25) is 0 Å². The van der Waals surface area contributed by atoms with E-state index in [-0.39, 0.29) is 11.9 Å². The monoisotopic (exact) mass is 273 g/mol. The molecule has 1 atom stereocenters. The smallest absolute Gasteiger partial charge is 0.123 e. The lowest BCUT2D eigenvalue weighted by Crippen LogP contribution is -2.19. The quantitative estimate of drug-likeness (QED) is 0.892. The number of hydrogen-bond acceptors (Lipinski definition) is 2. The van der Waals surface area contributed by atoms with Gasteiger partial charge in [0.05, 0.1) is 6.04 Å². The summed E-state index contributed by atoms with van der Waals surface area (Å²) in [6.07, 6.45) is 0. The minimum Gasteiger partial charge on any atom is -0.491 e. The third kappa shape index (κ3) is 3.58. The number of benzene rings is 2. The molecule has 2 aromatic carbocycles. The summed E-state index contributed by atoms with van der Waals surface area (Å²) in [7, 11) is 0. The Labute approximate surface area is 119 Å². The van der Waals surface area contributed by atoms with E-state index in [1.165, 1.54) is 12.1 Å². The largest absolute Gasteiger partial charge is 0.491 e. The number of hydrogen-bond donors (Lipinski definition) is 1. The molecule has 0 saturated carbocycles. The van der Waals surface area contributed by atoms with E-state index in [0.717, 1.165) is 16.9 Å². The number of halogens is 1. The molecule has 1 unspecified atom stereocenters. The van der Waals surface area contributed by atoms with Crippen LogP contribution in [0.5, 0.6) is 5.75 Å². The Morgan fingerprint density at radius 1 is 1.10 bits per heavy atom. The zero-order chi connectivity index (χ0) is 14.5. The lowest BCUT2D eigenvalue weighted by atomic mass is 10.0. The Bertz CT molecular complexity index is 568. The first kappa shape index (κ1) is 14.5. The van der Waals surface area contributed by atoms with Gasteiger partial charge in [0.25, 0.3) is 0 Å². The van der Waals surface area contributed by atoms with E-state index in [1.54, 1.807) is 6.07 Å². The van der Waals surface area contributed by atoms with Gasteiger partial charge in [-0.15, -0.1) is 0 Å². The second kappa shape index (κ2) is 6.53. The fraction of sp³-hybridized carbons (Fsp3) is 0.294. The van der Waals surface area contributed by atoms with Crippen molar-refractivity contribution in [3.63, 3.8) is 0 Å². The SMILES string of the molecule is CC(C)c1ccccc1OCC(N)c1cccc(F)c1. The van der Waals surface area contributed by atoms with Gasteiger partial charge < -0.3 is 10.5 Å². The molecule has 2 aromatic rings. The minimum atomic E-state index is -0.342. The normalized spacial score (nSPS) is 12.4. The van der Waals surface area contributed by atoms with Crippen molar-refractivity contribution in [3.8, 4) is 5.75 Å². The maximum Gasteiger partial charge on any atom is 0.123 e. The predicted molar refractivity (Wildman–Crippen MR) is 79.4 cm³/mol. The van der Waals surface area contributed by atoms with Crippen LogP contribution >= 0.6 is 0 Å². The molecule has 0 saturated heterocycles. The highest BCUT2D eigenvalue weighted by Crippen LogP contribution is 2.26. The van der Waals surface area contributed by atoms with Crippen molar-refractivity contribution in [3.05, 3.63) is 65.5 Å². The molecular weight excluding hydrogens is 253 g/mol. The summed E-state index contributed by atoms with van der Waals surface area (Å²) in [4.78, 5) is 0. The van der Waals surface area contributed by atoms with E-state index in [4.69, 9.17) is 10.5 Å². The van der Waals surface area contributed by atoms with Crippen LogP contribution < -0.4 is 10.5 Å². The van der Waals surface area contributed by atoms with Crippen molar-refractivity contribution in [1.29, 1.82) is 0 Å². The molecule has 0 bridgehead atoms. The Balaban J connectivity index is 2.05. The third-order valence-electron chi connectivity index (χ3n) is 3.24. The standard InChI is InChI=1S/C17H20FNO/c1-12(2)15-8-3-4-9-17(15)20-11-16(19)13-6-5-7-14(18)10-13/h3-10,12,16H,11,19H2,1-2H3. The van der Waals surface area contributed by atoms with Crippen molar-refractivity contribution < 1.29 is 9.13 Å².